The summed E-state index contributed by atoms with van der Waals surface area (Å²) in [5.41, 5.74) is 2.02. The van der Waals surface area contributed by atoms with E-state index in [1.165, 1.54) is 5.56 Å². The van der Waals surface area contributed by atoms with Gasteiger partial charge in [-0.3, -0.25) is 4.79 Å². The van der Waals surface area contributed by atoms with Gasteiger partial charge in [0.05, 0.1) is 6.20 Å². The predicted octanol–water partition coefficient (Wildman–Crippen LogP) is 2.21. The van der Waals surface area contributed by atoms with Crippen LogP contribution in [-0.2, 0) is 11.2 Å². The van der Waals surface area contributed by atoms with Gasteiger partial charge in [0.25, 0.3) is 0 Å². The molecule has 2 aromatic rings. The number of aromatic nitrogens is 2. The average molecular weight is 218 g/mol. The lowest BCUT2D eigenvalue weighted by molar-refractivity contribution is -0.133. The van der Waals surface area contributed by atoms with Crippen molar-refractivity contribution < 1.29 is 9.53 Å². The normalized spacial score (nSPS) is 10.6. The Hall–Kier alpha value is -1.84. The van der Waals surface area contributed by atoms with Crippen LogP contribution in [0.5, 0.6) is 5.75 Å². The SMILES string of the molecule is CCC(=O)Oc1cnn2cc(CC)ccc12. The molecule has 0 aliphatic heterocycles. The van der Waals surface area contributed by atoms with Gasteiger partial charge in [-0.1, -0.05) is 19.9 Å². The summed E-state index contributed by atoms with van der Waals surface area (Å²) in [5, 5.41) is 4.15. The molecule has 2 rings (SSSR count). The highest BCUT2D eigenvalue weighted by Crippen LogP contribution is 2.20. The van der Waals surface area contributed by atoms with E-state index in [0.29, 0.717) is 12.2 Å². The van der Waals surface area contributed by atoms with Gasteiger partial charge in [0.1, 0.15) is 5.52 Å². The second kappa shape index (κ2) is 4.35. The molecule has 2 aromatic heterocycles. The number of aryl methyl sites for hydroxylation is 1. The van der Waals surface area contributed by atoms with Gasteiger partial charge in [0.2, 0.25) is 0 Å². The van der Waals surface area contributed by atoms with Crippen molar-refractivity contribution >= 4 is 11.5 Å². The topological polar surface area (TPSA) is 43.6 Å². The molecule has 0 N–H and O–H groups in total. The van der Waals surface area contributed by atoms with E-state index in [9.17, 15) is 4.79 Å². The van der Waals surface area contributed by atoms with Crippen LogP contribution >= 0.6 is 0 Å². The van der Waals surface area contributed by atoms with E-state index in [2.05, 4.69) is 12.0 Å². The molecule has 0 atom stereocenters. The van der Waals surface area contributed by atoms with Crippen LogP contribution in [-0.4, -0.2) is 15.6 Å². The molecule has 0 fully saturated rings. The fourth-order valence-electron chi connectivity index (χ4n) is 1.49. The smallest absolute Gasteiger partial charge is 0.311 e. The third-order valence-corrected chi connectivity index (χ3v) is 2.46. The highest BCUT2D eigenvalue weighted by molar-refractivity contribution is 5.75. The quantitative estimate of drug-likeness (QED) is 0.742. The van der Waals surface area contributed by atoms with Crippen LogP contribution in [0.2, 0.25) is 0 Å². The molecule has 0 aliphatic rings. The van der Waals surface area contributed by atoms with Crippen molar-refractivity contribution in [2.45, 2.75) is 26.7 Å². The molecule has 0 aromatic carbocycles. The van der Waals surface area contributed by atoms with Crippen molar-refractivity contribution in [3.63, 3.8) is 0 Å². The molecule has 84 valence electrons. The van der Waals surface area contributed by atoms with Crippen molar-refractivity contribution in [3.8, 4) is 5.75 Å². The number of rotatable bonds is 3. The maximum Gasteiger partial charge on any atom is 0.311 e. The zero-order valence-electron chi connectivity index (χ0n) is 9.43. The van der Waals surface area contributed by atoms with E-state index in [0.717, 1.165) is 11.9 Å². The first kappa shape index (κ1) is 10.7. The highest BCUT2D eigenvalue weighted by atomic mass is 16.5. The maximum atomic E-state index is 11.2. The Morgan fingerprint density at radius 3 is 2.94 bits per heavy atom. The van der Waals surface area contributed by atoms with Gasteiger partial charge < -0.3 is 4.74 Å². The summed E-state index contributed by atoms with van der Waals surface area (Å²) >= 11 is 0. The van der Waals surface area contributed by atoms with Gasteiger partial charge in [-0.05, 0) is 18.1 Å². The summed E-state index contributed by atoms with van der Waals surface area (Å²) in [6.45, 7) is 3.85. The van der Waals surface area contributed by atoms with E-state index in [-0.39, 0.29) is 5.97 Å². The number of pyridine rings is 1. The Kier molecular flexibility index (Phi) is 2.90. The minimum Gasteiger partial charge on any atom is -0.422 e. The second-order valence-electron chi connectivity index (χ2n) is 3.56. The number of hydrogen-bond acceptors (Lipinski definition) is 3. The minimum atomic E-state index is -0.241. The molecule has 0 saturated heterocycles. The number of ether oxygens (including phenoxy) is 1. The predicted molar refractivity (Wildman–Crippen MR) is 60.5 cm³/mol. The van der Waals surface area contributed by atoms with Crippen molar-refractivity contribution in [1.29, 1.82) is 0 Å². The number of nitrogens with zero attached hydrogens (tertiary/aromatic N) is 2. The maximum absolute atomic E-state index is 11.2. The Balaban J connectivity index is 2.37. The number of carbonyl (C=O) groups excluding carboxylic acids is 1. The van der Waals surface area contributed by atoms with Gasteiger partial charge in [0.15, 0.2) is 5.75 Å². The first-order valence-electron chi connectivity index (χ1n) is 5.41. The Morgan fingerprint density at radius 1 is 1.44 bits per heavy atom. The molecule has 0 unspecified atom stereocenters. The molecule has 4 heteroatoms. The van der Waals surface area contributed by atoms with E-state index in [1.54, 1.807) is 17.6 Å². The Morgan fingerprint density at radius 2 is 2.25 bits per heavy atom. The van der Waals surface area contributed by atoms with Crippen molar-refractivity contribution in [2.75, 3.05) is 0 Å². The van der Waals surface area contributed by atoms with Gasteiger partial charge in [0, 0.05) is 12.6 Å². The zero-order chi connectivity index (χ0) is 11.5. The molecule has 4 nitrogen and oxygen atoms in total. The summed E-state index contributed by atoms with van der Waals surface area (Å²) < 4.78 is 6.90. The fraction of sp³-hybridized carbons (Fsp3) is 0.333. The van der Waals surface area contributed by atoms with Crippen LogP contribution in [0.25, 0.3) is 5.52 Å². The number of esters is 1. The van der Waals surface area contributed by atoms with Crippen LogP contribution in [0.3, 0.4) is 0 Å². The number of hydrogen-bond donors (Lipinski definition) is 0. The Bertz CT molecular complexity index is 517. The number of fused-ring (bicyclic) bond motifs is 1. The van der Waals surface area contributed by atoms with Crippen LogP contribution in [0.15, 0.2) is 24.5 Å². The molecule has 0 amide bonds. The van der Waals surface area contributed by atoms with E-state index in [4.69, 9.17) is 4.74 Å². The van der Waals surface area contributed by atoms with Gasteiger partial charge >= 0.3 is 5.97 Å². The van der Waals surface area contributed by atoms with E-state index in [1.807, 2.05) is 18.3 Å². The van der Waals surface area contributed by atoms with Crippen molar-refractivity contribution in [2.24, 2.45) is 0 Å². The molecule has 0 saturated carbocycles. The fourth-order valence-corrected chi connectivity index (χ4v) is 1.49. The highest BCUT2D eigenvalue weighted by Gasteiger charge is 2.08. The van der Waals surface area contributed by atoms with Crippen LogP contribution < -0.4 is 4.74 Å². The summed E-state index contributed by atoms with van der Waals surface area (Å²) in [4.78, 5) is 11.2. The molecular weight excluding hydrogens is 204 g/mol. The van der Waals surface area contributed by atoms with Gasteiger partial charge in [-0.25, -0.2) is 4.52 Å². The Labute approximate surface area is 93.8 Å². The standard InChI is InChI=1S/C12H14N2O2/c1-3-9-5-6-10-11(16-12(15)4-2)7-13-14(10)8-9/h5-8H,3-4H2,1-2H3. The van der Waals surface area contributed by atoms with E-state index >= 15 is 0 Å². The molecule has 16 heavy (non-hydrogen) atoms. The number of carbonyl (C=O) groups is 1. The van der Waals surface area contributed by atoms with Crippen LogP contribution in [0, 0.1) is 0 Å². The second-order valence-corrected chi connectivity index (χ2v) is 3.56. The lowest BCUT2D eigenvalue weighted by atomic mass is 10.2. The zero-order valence-corrected chi connectivity index (χ0v) is 9.43. The van der Waals surface area contributed by atoms with Crippen LogP contribution in [0.4, 0.5) is 0 Å². The van der Waals surface area contributed by atoms with Crippen LogP contribution in [0.1, 0.15) is 25.8 Å². The van der Waals surface area contributed by atoms with Gasteiger partial charge in [-0.15, -0.1) is 0 Å². The molecule has 0 radical (unpaired) electrons. The molecule has 0 bridgehead atoms. The third-order valence-electron chi connectivity index (χ3n) is 2.46. The summed E-state index contributed by atoms with van der Waals surface area (Å²) in [6, 6.07) is 3.93. The molecule has 2 heterocycles. The molecule has 0 aliphatic carbocycles. The minimum absolute atomic E-state index is 0.241. The summed E-state index contributed by atoms with van der Waals surface area (Å²) in [5.74, 6) is 0.281. The van der Waals surface area contributed by atoms with Crippen molar-refractivity contribution in [1.82, 2.24) is 9.61 Å². The summed E-state index contributed by atoms with van der Waals surface area (Å²) in [6.07, 6.45) is 4.84. The largest absolute Gasteiger partial charge is 0.422 e. The lowest BCUT2D eigenvalue weighted by Gasteiger charge is -2.01. The monoisotopic (exact) mass is 218 g/mol. The first-order valence-corrected chi connectivity index (χ1v) is 5.41. The van der Waals surface area contributed by atoms with Gasteiger partial charge in [-0.2, -0.15) is 5.10 Å². The molecule has 0 spiro atoms. The lowest BCUT2D eigenvalue weighted by Crippen LogP contribution is -2.05. The summed E-state index contributed by atoms with van der Waals surface area (Å²) in [7, 11) is 0. The average Bonchev–Trinajstić information content (AvgIpc) is 2.71. The first-order chi connectivity index (χ1) is 7.74. The van der Waals surface area contributed by atoms with Crippen molar-refractivity contribution in [3.05, 3.63) is 30.1 Å². The molecular formula is C12H14N2O2. The van der Waals surface area contributed by atoms with E-state index < -0.39 is 0 Å². The third kappa shape index (κ3) is 1.91.